The van der Waals surface area contributed by atoms with Crippen LogP contribution in [-0.4, -0.2) is 13.0 Å². The van der Waals surface area contributed by atoms with E-state index in [1.54, 1.807) is 24.3 Å². The Bertz CT molecular complexity index is 793. The number of anilines is 1. The molecule has 3 nitrogen and oxygen atoms in total. The number of alkyl halides is 1. The van der Waals surface area contributed by atoms with Crippen LogP contribution in [0.15, 0.2) is 30.3 Å². The molecular weight excluding hydrogens is 368 g/mol. The van der Waals surface area contributed by atoms with Gasteiger partial charge in [-0.15, -0.1) is 0 Å². The first-order chi connectivity index (χ1) is 10.4. The Balaban J connectivity index is 2.32. The minimum absolute atomic E-state index is 0.290. The molecule has 2 aromatic rings. The van der Waals surface area contributed by atoms with Crippen LogP contribution in [0.5, 0.6) is 5.75 Å². The van der Waals surface area contributed by atoms with Crippen molar-refractivity contribution in [2.24, 2.45) is 0 Å². The van der Waals surface area contributed by atoms with Gasteiger partial charge in [0.1, 0.15) is 5.75 Å². The maximum atomic E-state index is 12.6. The van der Waals surface area contributed by atoms with Gasteiger partial charge in [0.25, 0.3) is 5.91 Å². The van der Waals surface area contributed by atoms with Crippen LogP contribution in [-0.2, 0) is 9.67 Å². The summed E-state index contributed by atoms with van der Waals surface area (Å²) in [4.78, 5) is 11.0. The van der Waals surface area contributed by atoms with E-state index in [0.29, 0.717) is 32.6 Å². The highest BCUT2D eigenvalue weighted by molar-refractivity contribution is 6.45. The van der Waals surface area contributed by atoms with Gasteiger partial charge in [0.2, 0.25) is 0 Å². The van der Waals surface area contributed by atoms with Crippen molar-refractivity contribution in [3.63, 3.8) is 0 Å². The lowest BCUT2D eigenvalue weighted by Gasteiger charge is -2.23. The molecule has 1 amide bonds. The first-order valence-electron chi connectivity index (χ1n) is 6.22. The van der Waals surface area contributed by atoms with Crippen molar-refractivity contribution in [2.75, 3.05) is 12.4 Å². The Morgan fingerprint density at radius 2 is 1.82 bits per heavy atom. The van der Waals surface area contributed by atoms with E-state index >= 15 is 0 Å². The zero-order valence-corrected chi connectivity index (χ0v) is 14.2. The molecule has 0 aliphatic carbocycles. The molecule has 22 heavy (non-hydrogen) atoms. The monoisotopic (exact) mass is 375 g/mol. The number of rotatable bonds is 2. The molecule has 0 saturated carbocycles. The summed E-state index contributed by atoms with van der Waals surface area (Å²) in [5, 5.41) is 3.83. The third-order valence-corrected chi connectivity index (χ3v) is 4.81. The van der Waals surface area contributed by atoms with Gasteiger partial charge in [0, 0.05) is 31.9 Å². The van der Waals surface area contributed by atoms with E-state index < -0.39 is 10.8 Å². The third-order valence-electron chi connectivity index (χ3n) is 3.49. The number of nitrogens with one attached hydrogen (secondary N) is 1. The number of carbonyl (C=O) groups excluding carboxylic acids is 1. The molecule has 0 saturated heterocycles. The maximum absolute atomic E-state index is 12.6. The highest BCUT2D eigenvalue weighted by Crippen LogP contribution is 2.52. The van der Waals surface area contributed by atoms with Crippen LogP contribution in [0.1, 0.15) is 11.1 Å². The number of hydrogen-bond acceptors (Lipinski definition) is 2. The van der Waals surface area contributed by atoms with Crippen molar-refractivity contribution in [2.45, 2.75) is 4.87 Å². The van der Waals surface area contributed by atoms with Gasteiger partial charge in [0.05, 0.1) is 7.11 Å². The normalized spacial score (nSPS) is 19.8. The fourth-order valence-corrected chi connectivity index (χ4v) is 3.80. The molecule has 1 aliphatic rings. The second-order valence-corrected chi connectivity index (χ2v) is 6.61. The van der Waals surface area contributed by atoms with Crippen molar-refractivity contribution in [1.82, 2.24) is 0 Å². The van der Waals surface area contributed by atoms with E-state index in [9.17, 15) is 4.79 Å². The largest absolute Gasteiger partial charge is 0.496 e. The molecule has 3 rings (SSSR count). The fourth-order valence-electron chi connectivity index (χ4n) is 2.55. The van der Waals surface area contributed by atoms with Gasteiger partial charge in [0.15, 0.2) is 4.87 Å². The average Bonchev–Trinajstić information content (AvgIpc) is 2.71. The summed E-state index contributed by atoms with van der Waals surface area (Å²) in [6, 6.07) is 8.03. The number of methoxy groups -OCH3 is 1. The minimum Gasteiger partial charge on any atom is -0.496 e. The Kier molecular flexibility index (Phi) is 3.94. The van der Waals surface area contributed by atoms with Crippen molar-refractivity contribution >= 4 is 58.0 Å². The molecule has 1 N–H and O–H groups in total. The van der Waals surface area contributed by atoms with Crippen molar-refractivity contribution in [3.8, 4) is 5.75 Å². The zero-order valence-electron chi connectivity index (χ0n) is 11.2. The van der Waals surface area contributed by atoms with Gasteiger partial charge in [-0.25, -0.2) is 0 Å². The van der Waals surface area contributed by atoms with Crippen LogP contribution in [0.25, 0.3) is 0 Å². The number of ether oxygens (including phenoxy) is 1. The van der Waals surface area contributed by atoms with Gasteiger partial charge in [-0.1, -0.05) is 46.4 Å². The minimum atomic E-state index is -1.53. The van der Waals surface area contributed by atoms with Gasteiger partial charge < -0.3 is 10.1 Å². The van der Waals surface area contributed by atoms with Crippen molar-refractivity contribution in [3.05, 3.63) is 56.5 Å². The number of amides is 1. The van der Waals surface area contributed by atoms with Crippen LogP contribution >= 0.6 is 46.4 Å². The summed E-state index contributed by atoms with van der Waals surface area (Å²) in [6.45, 7) is 0. The van der Waals surface area contributed by atoms with Crippen molar-refractivity contribution < 1.29 is 9.53 Å². The number of hydrogen-bond donors (Lipinski definition) is 1. The van der Waals surface area contributed by atoms with Gasteiger partial charge in [-0.2, -0.15) is 0 Å². The SMILES string of the molecule is COc1ccc(Cl)cc1C1(Cl)C(=O)Nc2cc(Cl)cc(Cl)c21. The first-order valence-corrected chi connectivity index (χ1v) is 7.73. The molecule has 1 heterocycles. The molecule has 0 bridgehead atoms. The molecule has 0 spiro atoms. The molecular formula is C15H9Cl4NO2. The number of fused-ring (bicyclic) bond motifs is 1. The molecule has 0 fully saturated rings. The lowest BCUT2D eigenvalue weighted by atomic mass is 9.90. The van der Waals surface area contributed by atoms with Crippen molar-refractivity contribution in [1.29, 1.82) is 0 Å². The highest BCUT2D eigenvalue weighted by atomic mass is 35.5. The van der Waals surface area contributed by atoms with Gasteiger partial charge in [-0.05, 0) is 30.3 Å². The molecule has 2 aromatic carbocycles. The number of carbonyl (C=O) groups is 1. The Hall–Kier alpha value is -1.13. The predicted molar refractivity (Wildman–Crippen MR) is 89.7 cm³/mol. The Morgan fingerprint density at radius 3 is 2.50 bits per heavy atom. The number of halogens is 4. The smallest absolute Gasteiger partial charge is 0.255 e. The summed E-state index contributed by atoms with van der Waals surface area (Å²) in [6.07, 6.45) is 0. The van der Waals surface area contributed by atoms with E-state index in [1.807, 2.05) is 0 Å². The lowest BCUT2D eigenvalue weighted by Crippen LogP contribution is -2.30. The highest BCUT2D eigenvalue weighted by Gasteiger charge is 2.50. The quantitative estimate of drug-likeness (QED) is 0.741. The van der Waals surface area contributed by atoms with Gasteiger partial charge in [-0.3, -0.25) is 4.79 Å². The van der Waals surface area contributed by atoms with E-state index in [-0.39, 0.29) is 5.02 Å². The molecule has 1 atom stereocenters. The maximum Gasteiger partial charge on any atom is 0.255 e. The van der Waals surface area contributed by atoms with E-state index in [2.05, 4.69) is 5.32 Å². The van der Waals surface area contributed by atoms with Gasteiger partial charge >= 0.3 is 0 Å². The molecule has 1 aliphatic heterocycles. The first kappa shape index (κ1) is 15.8. The Labute approximate surface area is 147 Å². The summed E-state index contributed by atoms with van der Waals surface area (Å²) in [5.41, 5.74) is 1.33. The number of benzene rings is 2. The second-order valence-electron chi connectivity index (χ2n) is 4.77. The second kappa shape index (κ2) is 5.50. The molecule has 0 radical (unpaired) electrons. The van der Waals surface area contributed by atoms with E-state index in [0.717, 1.165) is 0 Å². The standard InChI is InChI=1S/C15H9Cl4NO2/c1-22-12-3-2-7(16)4-9(12)15(19)13-10(18)5-8(17)6-11(13)20-14(15)21/h2-6H,1H3,(H,20,21). The zero-order chi connectivity index (χ0) is 16.1. The summed E-state index contributed by atoms with van der Waals surface area (Å²) in [7, 11) is 1.49. The average molecular weight is 377 g/mol. The Morgan fingerprint density at radius 1 is 1.09 bits per heavy atom. The van der Waals surface area contributed by atoms with Crippen LogP contribution in [0, 0.1) is 0 Å². The summed E-state index contributed by atoms with van der Waals surface area (Å²) in [5.74, 6) is 0.00215. The molecule has 114 valence electrons. The molecule has 0 aromatic heterocycles. The van der Waals surface area contributed by atoms with E-state index in [4.69, 9.17) is 51.1 Å². The fraction of sp³-hybridized carbons (Fsp3) is 0.133. The van der Waals surface area contributed by atoms with Crippen LogP contribution in [0.2, 0.25) is 15.1 Å². The molecule has 7 heteroatoms. The third kappa shape index (κ3) is 2.24. The van der Waals surface area contributed by atoms with E-state index in [1.165, 1.54) is 13.2 Å². The molecule has 1 unspecified atom stereocenters. The summed E-state index contributed by atoms with van der Waals surface area (Å²) >= 11 is 25.0. The van der Waals surface area contributed by atoms with Crippen LogP contribution < -0.4 is 10.1 Å². The summed E-state index contributed by atoms with van der Waals surface area (Å²) < 4.78 is 5.31. The lowest BCUT2D eigenvalue weighted by molar-refractivity contribution is -0.117. The van der Waals surface area contributed by atoms with Crippen LogP contribution in [0.4, 0.5) is 5.69 Å². The topological polar surface area (TPSA) is 38.3 Å². The predicted octanol–water partition coefficient (Wildman–Crippen LogP) is 5.09. The van der Waals surface area contributed by atoms with Crippen LogP contribution in [0.3, 0.4) is 0 Å².